The van der Waals surface area contributed by atoms with E-state index < -0.39 is 0 Å². The van der Waals surface area contributed by atoms with E-state index in [-0.39, 0.29) is 0 Å². The van der Waals surface area contributed by atoms with Gasteiger partial charge < -0.3 is 4.57 Å². The van der Waals surface area contributed by atoms with Crippen molar-refractivity contribution in [2.24, 2.45) is 7.05 Å². The summed E-state index contributed by atoms with van der Waals surface area (Å²) in [5.74, 6) is 0.977. The van der Waals surface area contributed by atoms with Crippen molar-refractivity contribution in [3.8, 4) is 17.1 Å². The number of fused-ring (bicyclic) bond motifs is 3. The highest BCUT2D eigenvalue weighted by Crippen LogP contribution is 2.33. The Morgan fingerprint density at radius 3 is 2.29 bits per heavy atom. The maximum Gasteiger partial charge on any atom is 0.144 e. The molecule has 0 spiro atoms. The minimum absolute atomic E-state index is 0.977. The standard InChI is InChI=1S/C25H23N3/c1-16-13-17(2)24(18(3)14-16)28-12-11-26-25(28)19-9-10-23-21(15-19)20-7-5-6-8-22(20)27(23)4/h5-15H,1-4H3. The van der Waals surface area contributed by atoms with Gasteiger partial charge in [0.15, 0.2) is 0 Å². The molecule has 3 aromatic carbocycles. The van der Waals surface area contributed by atoms with E-state index in [1.807, 2.05) is 6.20 Å². The van der Waals surface area contributed by atoms with E-state index in [2.05, 4.69) is 97.7 Å². The molecule has 5 rings (SSSR count). The lowest BCUT2D eigenvalue weighted by Gasteiger charge is -2.15. The molecule has 0 aliphatic rings. The second-order valence-electron chi connectivity index (χ2n) is 7.68. The van der Waals surface area contributed by atoms with Gasteiger partial charge in [-0.05, 0) is 56.2 Å². The summed E-state index contributed by atoms with van der Waals surface area (Å²) >= 11 is 0. The largest absolute Gasteiger partial charge is 0.344 e. The van der Waals surface area contributed by atoms with E-state index >= 15 is 0 Å². The summed E-state index contributed by atoms with van der Waals surface area (Å²) in [7, 11) is 2.13. The van der Waals surface area contributed by atoms with E-state index in [1.165, 1.54) is 44.2 Å². The Hall–Kier alpha value is -3.33. The van der Waals surface area contributed by atoms with Crippen LogP contribution in [0.1, 0.15) is 16.7 Å². The Labute approximate surface area is 164 Å². The minimum Gasteiger partial charge on any atom is -0.344 e. The molecule has 28 heavy (non-hydrogen) atoms. The first-order valence-electron chi connectivity index (χ1n) is 9.64. The maximum atomic E-state index is 4.72. The normalized spacial score (nSPS) is 11.6. The van der Waals surface area contributed by atoms with Crippen molar-refractivity contribution in [2.45, 2.75) is 20.8 Å². The molecule has 2 aromatic heterocycles. The summed E-state index contributed by atoms with van der Waals surface area (Å²) in [5.41, 5.74) is 8.67. The molecule has 0 radical (unpaired) electrons. The summed E-state index contributed by atoms with van der Waals surface area (Å²) in [6, 6.07) is 19.7. The van der Waals surface area contributed by atoms with E-state index in [0.717, 1.165) is 11.4 Å². The predicted molar refractivity (Wildman–Crippen MR) is 117 cm³/mol. The van der Waals surface area contributed by atoms with Crippen LogP contribution in [0.5, 0.6) is 0 Å². The Bertz CT molecular complexity index is 1330. The van der Waals surface area contributed by atoms with Crippen LogP contribution in [-0.4, -0.2) is 14.1 Å². The summed E-state index contributed by atoms with van der Waals surface area (Å²) < 4.78 is 4.48. The fourth-order valence-corrected chi connectivity index (χ4v) is 4.56. The van der Waals surface area contributed by atoms with E-state index in [1.54, 1.807) is 0 Å². The van der Waals surface area contributed by atoms with Gasteiger partial charge in [-0.25, -0.2) is 4.98 Å². The number of benzene rings is 3. The van der Waals surface area contributed by atoms with Crippen molar-refractivity contribution < 1.29 is 0 Å². The lowest BCUT2D eigenvalue weighted by atomic mass is 10.0. The molecular weight excluding hydrogens is 342 g/mol. The summed E-state index contributed by atoms with van der Waals surface area (Å²) in [4.78, 5) is 4.72. The number of hydrogen-bond acceptors (Lipinski definition) is 1. The zero-order valence-electron chi connectivity index (χ0n) is 16.7. The van der Waals surface area contributed by atoms with Crippen molar-refractivity contribution in [3.05, 3.63) is 83.7 Å². The first kappa shape index (κ1) is 16.8. The van der Waals surface area contributed by atoms with Crippen molar-refractivity contribution in [1.82, 2.24) is 14.1 Å². The van der Waals surface area contributed by atoms with Crippen LogP contribution >= 0.6 is 0 Å². The number of nitrogens with zero attached hydrogens (tertiary/aromatic N) is 3. The quantitative estimate of drug-likeness (QED) is 0.370. The van der Waals surface area contributed by atoms with Gasteiger partial charge in [0.2, 0.25) is 0 Å². The van der Waals surface area contributed by atoms with Gasteiger partial charge in [-0.3, -0.25) is 4.57 Å². The van der Waals surface area contributed by atoms with Gasteiger partial charge in [0.1, 0.15) is 5.82 Å². The number of imidazole rings is 1. The third-order valence-corrected chi connectivity index (χ3v) is 5.69. The highest BCUT2D eigenvalue weighted by Gasteiger charge is 2.15. The molecule has 0 saturated carbocycles. The molecular formula is C25H23N3. The van der Waals surface area contributed by atoms with Crippen molar-refractivity contribution in [2.75, 3.05) is 0 Å². The lowest BCUT2D eigenvalue weighted by Crippen LogP contribution is -2.02. The van der Waals surface area contributed by atoms with Crippen LogP contribution in [0.4, 0.5) is 0 Å². The molecule has 2 heterocycles. The zero-order chi connectivity index (χ0) is 19.4. The molecule has 0 aliphatic heterocycles. The highest BCUT2D eigenvalue weighted by atomic mass is 15.1. The Morgan fingerprint density at radius 2 is 1.50 bits per heavy atom. The smallest absolute Gasteiger partial charge is 0.144 e. The molecule has 3 nitrogen and oxygen atoms in total. The van der Waals surface area contributed by atoms with Gasteiger partial charge in [-0.1, -0.05) is 35.9 Å². The molecule has 0 N–H and O–H groups in total. The topological polar surface area (TPSA) is 22.8 Å². The average Bonchev–Trinajstić information content (AvgIpc) is 3.25. The monoisotopic (exact) mass is 365 g/mol. The lowest BCUT2D eigenvalue weighted by molar-refractivity contribution is 1.01. The molecule has 0 aliphatic carbocycles. The summed E-state index contributed by atoms with van der Waals surface area (Å²) in [5, 5.41) is 2.55. The van der Waals surface area contributed by atoms with Crippen molar-refractivity contribution in [1.29, 1.82) is 0 Å². The Morgan fingerprint density at radius 1 is 0.786 bits per heavy atom. The SMILES string of the molecule is Cc1cc(C)c(-n2ccnc2-c2ccc3c(c2)c2ccccc2n3C)c(C)c1. The summed E-state index contributed by atoms with van der Waals surface area (Å²) in [6.07, 6.45) is 3.95. The molecule has 3 heteroatoms. The van der Waals surface area contributed by atoms with E-state index in [4.69, 9.17) is 4.98 Å². The molecule has 0 amide bonds. The van der Waals surface area contributed by atoms with Gasteiger partial charge in [-0.15, -0.1) is 0 Å². The Balaban J connectivity index is 1.75. The first-order valence-corrected chi connectivity index (χ1v) is 9.64. The maximum absolute atomic E-state index is 4.72. The van der Waals surface area contributed by atoms with Crippen LogP contribution < -0.4 is 0 Å². The second kappa shape index (κ2) is 6.10. The number of para-hydroxylation sites is 1. The fraction of sp³-hybridized carbons (Fsp3) is 0.160. The van der Waals surface area contributed by atoms with Crippen LogP contribution in [0.3, 0.4) is 0 Å². The Kier molecular flexibility index (Phi) is 3.66. The van der Waals surface area contributed by atoms with Gasteiger partial charge in [-0.2, -0.15) is 0 Å². The fourth-order valence-electron chi connectivity index (χ4n) is 4.56. The molecule has 0 bridgehead atoms. The predicted octanol–water partition coefficient (Wildman–Crippen LogP) is 6.11. The van der Waals surface area contributed by atoms with Crippen LogP contribution in [0.2, 0.25) is 0 Å². The zero-order valence-corrected chi connectivity index (χ0v) is 16.7. The molecule has 0 saturated heterocycles. The van der Waals surface area contributed by atoms with Gasteiger partial charge in [0, 0.05) is 46.8 Å². The van der Waals surface area contributed by atoms with E-state index in [0.29, 0.717) is 0 Å². The second-order valence-corrected chi connectivity index (χ2v) is 7.68. The van der Waals surface area contributed by atoms with Crippen LogP contribution in [-0.2, 0) is 7.05 Å². The molecule has 0 unspecified atom stereocenters. The highest BCUT2D eigenvalue weighted by molar-refractivity contribution is 6.09. The van der Waals surface area contributed by atoms with Gasteiger partial charge >= 0.3 is 0 Å². The molecule has 5 aromatic rings. The minimum atomic E-state index is 0.977. The van der Waals surface area contributed by atoms with E-state index in [9.17, 15) is 0 Å². The van der Waals surface area contributed by atoms with Crippen LogP contribution in [0.15, 0.2) is 67.0 Å². The molecule has 0 fully saturated rings. The third kappa shape index (κ3) is 2.40. The summed E-state index contributed by atoms with van der Waals surface area (Å²) in [6.45, 7) is 6.49. The first-order chi connectivity index (χ1) is 13.5. The van der Waals surface area contributed by atoms with Gasteiger partial charge in [0.25, 0.3) is 0 Å². The average molecular weight is 365 g/mol. The van der Waals surface area contributed by atoms with Crippen LogP contribution in [0.25, 0.3) is 38.9 Å². The molecule has 0 atom stereocenters. The number of hydrogen-bond donors (Lipinski definition) is 0. The number of aromatic nitrogens is 3. The number of aryl methyl sites for hydroxylation is 4. The molecule has 138 valence electrons. The van der Waals surface area contributed by atoms with Crippen LogP contribution in [0, 0.1) is 20.8 Å². The van der Waals surface area contributed by atoms with Gasteiger partial charge in [0.05, 0.1) is 5.69 Å². The van der Waals surface area contributed by atoms with Crippen molar-refractivity contribution >= 4 is 21.8 Å². The van der Waals surface area contributed by atoms with Crippen molar-refractivity contribution in [3.63, 3.8) is 0 Å². The number of rotatable bonds is 2. The third-order valence-electron chi connectivity index (χ3n) is 5.69.